The first-order chi connectivity index (χ1) is 14.9. The van der Waals surface area contributed by atoms with Gasteiger partial charge in [-0.1, -0.05) is 18.2 Å². The molecule has 4 rings (SSSR count). The fraction of sp³-hybridized carbons (Fsp3) is 0.280. The van der Waals surface area contributed by atoms with Gasteiger partial charge < -0.3 is 14.8 Å². The van der Waals surface area contributed by atoms with E-state index < -0.39 is 0 Å². The summed E-state index contributed by atoms with van der Waals surface area (Å²) in [5.74, 6) is -0.631. The van der Waals surface area contributed by atoms with Crippen molar-refractivity contribution >= 4 is 17.5 Å². The number of likely N-dealkylation sites (tertiary alicyclic amines) is 1. The van der Waals surface area contributed by atoms with Gasteiger partial charge in [0.1, 0.15) is 5.82 Å². The Kier molecular flexibility index (Phi) is 5.63. The predicted molar refractivity (Wildman–Crippen MR) is 119 cm³/mol. The summed E-state index contributed by atoms with van der Waals surface area (Å²) in [7, 11) is 0. The molecule has 160 valence electrons. The largest absolute Gasteiger partial charge is 0.339 e. The van der Waals surface area contributed by atoms with Crippen LogP contribution in [0.15, 0.2) is 48.5 Å². The molecule has 1 saturated heterocycles. The minimum absolute atomic E-state index is 0.00355. The van der Waals surface area contributed by atoms with Gasteiger partial charge in [-0.25, -0.2) is 4.39 Å². The number of carbonyl (C=O) groups excluding carboxylic acids is 2. The van der Waals surface area contributed by atoms with Crippen molar-refractivity contribution in [2.75, 3.05) is 18.4 Å². The van der Waals surface area contributed by atoms with E-state index in [9.17, 15) is 14.0 Å². The Labute approximate surface area is 181 Å². The summed E-state index contributed by atoms with van der Waals surface area (Å²) in [6.45, 7) is 7.04. The summed E-state index contributed by atoms with van der Waals surface area (Å²) in [5.41, 5.74) is 4.25. The molecule has 0 spiro atoms. The summed E-state index contributed by atoms with van der Waals surface area (Å²) in [6, 6.07) is 13.6. The molecule has 1 N–H and O–H groups in total. The van der Waals surface area contributed by atoms with Crippen LogP contribution in [0.5, 0.6) is 0 Å². The first kappa shape index (κ1) is 20.8. The first-order valence-corrected chi connectivity index (χ1v) is 10.5. The number of benzene rings is 2. The lowest BCUT2D eigenvalue weighted by molar-refractivity contribution is 0.0791. The second-order valence-electron chi connectivity index (χ2n) is 8.00. The number of para-hydroxylation sites is 1. The van der Waals surface area contributed by atoms with E-state index in [-0.39, 0.29) is 17.6 Å². The van der Waals surface area contributed by atoms with Crippen LogP contribution in [0.3, 0.4) is 0 Å². The average Bonchev–Trinajstić information content (AvgIpc) is 3.38. The van der Waals surface area contributed by atoms with Crippen LogP contribution in [-0.2, 0) is 0 Å². The summed E-state index contributed by atoms with van der Waals surface area (Å²) in [6.07, 6.45) is 2.05. The maximum Gasteiger partial charge on any atom is 0.257 e. The maximum absolute atomic E-state index is 14.3. The third-order valence-corrected chi connectivity index (χ3v) is 5.97. The zero-order chi connectivity index (χ0) is 22.1. The van der Waals surface area contributed by atoms with Crippen LogP contribution in [-0.4, -0.2) is 34.4 Å². The number of amides is 2. The van der Waals surface area contributed by atoms with Gasteiger partial charge in [-0.2, -0.15) is 0 Å². The third-order valence-electron chi connectivity index (χ3n) is 5.97. The zero-order valence-electron chi connectivity index (χ0n) is 18.0. The predicted octanol–water partition coefficient (Wildman–Crippen LogP) is 5.03. The molecule has 1 aliphatic heterocycles. The van der Waals surface area contributed by atoms with E-state index in [1.807, 2.05) is 18.7 Å². The third kappa shape index (κ3) is 3.85. The van der Waals surface area contributed by atoms with Crippen molar-refractivity contribution in [3.63, 3.8) is 0 Å². The van der Waals surface area contributed by atoms with Gasteiger partial charge in [0.25, 0.3) is 11.8 Å². The topological polar surface area (TPSA) is 54.3 Å². The highest BCUT2D eigenvalue weighted by Gasteiger charge is 2.23. The van der Waals surface area contributed by atoms with Crippen LogP contribution in [0, 0.1) is 26.6 Å². The van der Waals surface area contributed by atoms with Gasteiger partial charge in [0, 0.05) is 35.7 Å². The Morgan fingerprint density at radius 2 is 1.65 bits per heavy atom. The van der Waals surface area contributed by atoms with Gasteiger partial charge in [0.2, 0.25) is 0 Å². The molecule has 0 saturated carbocycles. The van der Waals surface area contributed by atoms with Gasteiger partial charge in [0.15, 0.2) is 0 Å². The smallest absolute Gasteiger partial charge is 0.257 e. The molecule has 2 amide bonds. The van der Waals surface area contributed by atoms with Crippen LogP contribution in [0.2, 0.25) is 0 Å². The van der Waals surface area contributed by atoms with E-state index in [0.29, 0.717) is 28.2 Å². The van der Waals surface area contributed by atoms with Gasteiger partial charge in [-0.05, 0) is 69.5 Å². The minimum atomic E-state index is -0.347. The Hall–Kier alpha value is -3.41. The number of nitrogens with zero attached hydrogens (tertiary/aromatic N) is 2. The Morgan fingerprint density at radius 1 is 0.935 bits per heavy atom. The van der Waals surface area contributed by atoms with E-state index in [0.717, 1.165) is 37.2 Å². The Bertz CT molecular complexity index is 1160. The van der Waals surface area contributed by atoms with E-state index in [1.54, 1.807) is 54.0 Å². The number of hydrogen-bond acceptors (Lipinski definition) is 2. The molecule has 31 heavy (non-hydrogen) atoms. The number of aromatic nitrogens is 1. The highest BCUT2D eigenvalue weighted by molar-refractivity contribution is 6.07. The van der Waals surface area contributed by atoms with Gasteiger partial charge in [0.05, 0.1) is 11.3 Å². The Morgan fingerprint density at radius 3 is 2.35 bits per heavy atom. The summed E-state index contributed by atoms with van der Waals surface area (Å²) in [5, 5.41) is 2.94. The second-order valence-corrected chi connectivity index (χ2v) is 8.00. The van der Waals surface area contributed by atoms with Crippen LogP contribution in [0.25, 0.3) is 5.69 Å². The van der Waals surface area contributed by atoms with Crippen LogP contribution in [0.1, 0.15) is 50.5 Å². The van der Waals surface area contributed by atoms with Crippen LogP contribution >= 0.6 is 0 Å². The second kappa shape index (κ2) is 8.38. The number of hydrogen-bond donors (Lipinski definition) is 1. The highest BCUT2D eigenvalue weighted by atomic mass is 19.1. The lowest BCUT2D eigenvalue weighted by Gasteiger charge is -2.18. The van der Waals surface area contributed by atoms with Crippen molar-refractivity contribution in [3.05, 3.63) is 82.4 Å². The van der Waals surface area contributed by atoms with E-state index in [1.165, 1.54) is 6.07 Å². The minimum Gasteiger partial charge on any atom is -0.339 e. The SMILES string of the molecule is Cc1c(NC(=O)c2cc(C)n(-c3ccccc3F)c2C)cccc1C(=O)N1CCCC1. The lowest BCUT2D eigenvalue weighted by atomic mass is 10.0. The quantitative estimate of drug-likeness (QED) is 0.645. The van der Waals surface area contributed by atoms with E-state index >= 15 is 0 Å². The molecule has 0 aliphatic carbocycles. The molecule has 3 aromatic rings. The lowest BCUT2D eigenvalue weighted by Crippen LogP contribution is -2.28. The highest BCUT2D eigenvalue weighted by Crippen LogP contribution is 2.26. The molecule has 0 bridgehead atoms. The maximum atomic E-state index is 14.3. The van der Waals surface area contributed by atoms with Gasteiger partial charge >= 0.3 is 0 Å². The van der Waals surface area contributed by atoms with E-state index in [4.69, 9.17) is 0 Å². The zero-order valence-corrected chi connectivity index (χ0v) is 18.0. The molecule has 1 aliphatic rings. The van der Waals surface area contributed by atoms with Crippen molar-refractivity contribution in [2.24, 2.45) is 0 Å². The molecule has 5 nitrogen and oxygen atoms in total. The summed E-state index contributed by atoms with van der Waals surface area (Å²) < 4.78 is 16.1. The number of anilines is 1. The first-order valence-electron chi connectivity index (χ1n) is 10.5. The van der Waals surface area contributed by atoms with Gasteiger partial charge in [-0.3, -0.25) is 9.59 Å². The number of carbonyl (C=O) groups is 2. The number of aryl methyl sites for hydroxylation is 1. The molecule has 0 radical (unpaired) electrons. The molecule has 6 heteroatoms. The van der Waals surface area contributed by atoms with Crippen molar-refractivity contribution in [2.45, 2.75) is 33.6 Å². The number of nitrogens with one attached hydrogen (secondary N) is 1. The van der Waals surface area contributed by atoms with Crippen molar-refractivity contribution in [3.8, 4) is 5.69 Å². The molecule has 0 unspecified atom stereocenters. The standard InChI is InChI=1S/C25H26FN3O2/c1-16-15-20(18(3)29(16)23-12-5-4-10-21(23)26)24(30)27-22-11-8-9-19(17(22)2)25(31)28-13-6-7-14-28/h4-5,8-12,15H,6-7,13-14H2,1-3H3,(H,27,30). The monoisotopic (exact) mass is 419 g/mol. The van der Waals surface area contributed by atoms with Crippen molar-refractivity contribution in [1.29, 1.82) is 0 Å². The normalized spacial score (nSPS) is 13.5. The molecule has 0 atom stereocenters. The molecular formula is C25H26FN3O2. The molecule has 1 fully saturated rings. The van der Waals surface area contributed by atoms with Crippen LogP contribution < -0.4 is 5.32 Å². The summed E-state index contributed by atoms with van der Waals surface area (Å²) in [4.78, 5) is 27.8. The Balaban J connectivity index is 1.62. The fourth-order valence-electron chi connectivity index (χ4n) is 4.28. The van der Waals surface area contributed by atoms with Crippen molar-refractivity contribution in [1.82, 2.24) is 9.47 Å². The number of rotatable bonds is 4. The molecule has 2 heterocycles. The average molecular weight is 420 g/mol. The molecule has 2 aromatic carbocycles. The fourth-order valence-corrected chi connectivity index (χ4v) is 4.28. The van der Waals surface area contributed by atoms with Crippen molar-refractivity contribution < 1.29 is 14.0 Å². The summed E-state index contributed by atoms with van der Waals surface area (Å²) >= 11 is 0. The number of halogens is 1. The molecule has 1 aromatic heterocycles. The van der Waals surface area contributed by atoms with Gasteiger partial charge in [-0.15, -0.1) is 0 Å². The molecular weight excluding hydrogens is 393 g/mol. The van der Waals surface area contributed by atoms with Crippen LogP contribution in [0.4, 0.5) is 10.1 Å². The van der Waals surface area contributed by atoms with E-state index in [2.05, 4.69) is 5.32 Å².